The summed E-state index contributed by atoms with van der Waals surface area (Å²) in [4.78, 5) is 2.38. The Bertz CT molecular complexity index is 2890. The molecule has 0 spiro atoms. The Morgan fingerprint density at radius 2 is 0.865 bits per heavy atom. The van der Waals surface area contributed by atoms with Crippen molar-refractivity contribution < 1.29 is 4.42 Å². The maximum absolute atomic E-state index is 6.19. The molecule has 244 valence electrons. The van der Waals surface area contributed by atoms with Gasteiger partial charge < -0.3 is 9.32 Å². The number of furan rings is 1. The van der Waals surface area contributed by atoms with E-state index in [1.807, 2.05) is 18.2 Å². The Kier molecular flexibility index (Phi) is 7.18. The van der Waals surface area contributed by atoms with Gasteiger partial charge in [0.25, 0.3) is 0 Å². The molecule has 0 atom stereocenters. The molecule has 52 heavy (non-hydrogen) atoms. The second-order valence-corrected chi connectivity index (χ2v) is 13.4. The number of nitrogens with zero attached hydrogens (tertiary/aromatic N) is 1. The van der Waals surface area contributed by atoms with Gasteiger partial charge in [-0.2, -0.15) is 0 Å². The van der Waals surface area contributed by atoms with Crippen molar-refractivity contribution in [2.75, 3.05) is 4.90 Å². The van der Waals surface area contributed by atoms with Crippen molar-refractivity contribution in [1.29, 1.82) is 0 Å². The van der Waals surface area contributed by atoms with Crippen molar-refractivity contribution >= 4 is 60.3 Å². The fourth-order valence-corrected chi connectivity index (χ4v) is 7.57. The van der Waals surface area contributed by atoms with Gasteiger partial charge in [0, 0.05) is 28.0 Å². The highest BCUT2D eigenvalue weighted by molar-refractivity contribution is 6.08. The van der Waals surface area contributed by atoms with Crippen molar-refractivity contribution in [3.63, 3.8) is 0 Å². The second kappa shape index (κ2) is 12.5. The first-order valence-corrected chi connectivity index (χ1v) is 17.7. The van der Waals surface area contributed by atoms with Gasteiger partial charge in [-0.15, -0.1) is 0 Å². The summed E-state index contributed by atoms with van der Waals surface area (Å²) in [6.45, 7) is 0. The minimum atomic E-state index is 0.881. The Hall–Kier alpha value is -6.90. The van der Waals surface area contributed by atoms with Crippen molar-refractivity contribution in [2.24, 2.45) is 0 Å². The zero-order chi connectivity index (χ0) is 34.4. The summed E-state index contributed by atoms with van der Waals surface area (Å²) in [5, 5.41) is 8.50. The van der Waals surface area contributed by atoms with E-state index in [0.717, 1.165) is 44.9 Å². The Labute approximate surface area is 302 Å². The van der Waals surface area contributed by atoms with Gasteiger partial charge in [0.1, 0.15) is 11.3 Å². The monoisotopic (exact) mass is 663 g/mol. The molecular weight excluding hydrogens is 631 g/mol. The molecule has 0 aliphatic heterocycles. The molecule has 0 fully saturated rings. The molecule has 0 unspecified atom stereocenters. The van der Waals surface area contributed by atoms with E-state index < -0.39 is 0 Å². The Morgan fingerprint density at radius 3 is 1.75 bits per heavy atom. The smallest absolute Gasteiger partial charge is 0.135 e. The standard InChI is InChI=1S/C50H33NO/c1-2-10-34(11-3-1)37-15-9-17-44(30-37)51(46-26-27-48-41(32-46)23-20-35-12-4-6-18-47(35)48)45-25-24-39-28-38(21-22-40(39)31-45)36-14-8-16-42(29-36)50-33-43-13-5-7-19-49(43)52-50/h1-33H. The van der Waals surface area contributed by atoms with Gasteiger partial charge in [-0.05, 0) is 115 Å². The summed E-state index contributed by atoms with van der Waals surface area (Å²) in [6.07, 6.45) is 0. The quantitative estimate of drug-likeness (QED) is 0.165. The van der Waals surface area contributed by atoms with Gasteiger partial charge in [0.05, 0.1) is 0 Å². The second-order valence-electron chi connectivity index (χ2n) is 13.4. The molecule has 0 amide bonds. The lowest BCUT2D eigenvalue weighted by atomic mass is 9.98. The lowest BCUT2D eigenvalue weighted by Gasteiger charge is -2.27. The minimum Gasteiger partial charge on any atom is -0.456 e. The predicted octanol–water partition coefficient (Wildman–Crippen LogP) is 14.4. The molecular formula is C50H33NO. The summed E-state index contributed by atoms with van der Waals surface area (Å²) < 4.78 is 6.19. The average Bonchev–Trinajstić information content (AvgIpc) is 3.66. The molecule has 9 aromatic carbocycles. The van der Waals surface area contributed by atoms with E-state index in [1.165, 1.54) is 49.0 Å². The third-order valence-corrected chi connectivity index (χ3v) is 10.2. The van der Waals surface area contributed by atoms with Crippen LogP contribution in [-0.4, -0.2) is 0 Å². The number of para-hydroxylation sites is 1. The lowest BCUT2D eigenvalue weighted by molar-refractivity contribution is 0.631. The van der Waals surface area contributed by atoms with Crippen molar-refractivity contribution in [3.05, 3.63) is 200 Å². The largest absolute Gasteiger partial charge is 0.456 e. The highest BCUT2D eigenvalue weighted by Gasteiger charge is 2.16. The van der Waals surface area contributed by atoms with E-state index in [9.17, 15) is 0 Å². The molecule has 0 aliphatic rings. The first-order chi connectivity index (χ1) is 25.7. The van der Waals surface area contributed by atoms with Gasteiger partial charge in [0.2, 0.25) is 0 Å². The molecule has 0 bridgehead atoms. The molecule has 1 heterocycles. The maximum Gasteiger partial charge on any atom is 0.135 e. The predicted molar refractivity (Wildman–Crippen MR) is 220 cm³/mol. The van der Waals surface area contributed by atoms with Crippen molar-refractivity contribution in [2.45, 2.75) is 0 Å². The molecule has 0 saturated carbocycles. The van der Waals surface area contributed by atoms with Crippen LogP contribution < -0.4 is 4.90 Å². The normalized spacial score (nSPS) is 11.5. The van der Waals surface area contributed by atoms with E-state index in [0.29, 0.717) is 0 Å². The van der Waals surface area contributed by atoms with Crippen molar-refractivity contribution in [1.82, 2.24) is 0 Å². The van der Waals surface area contributed by atoms with Gasteiger partial charge >= 0.3 is 0 Å². The number of fused-ring (bicyclic) bond motifs is 5. The number of hydrogen-bond donors (Lipinski definition) is 0. The van der Waals surface area contributed by atoms with Crippen molar-refractivity contribution in [3.8, 4) is 33.6 Å². The topological polar surface area (TPSA) is 16.4 Å². The van der Waals surface area contributed by atoms with Crippen LogP contribution >= 0.6 is 0 Å². The number of benzene rings is 9. The fourth-order valence-electron chi connectivity index (χ4n) is 7.57. The van der Waals surface area contributed by atoms with Gasteiger partial charge in [0.15, 0.2) is 0 Å². The molecule has 0 saturated heterocycles. The van der Waals surface area contributed by atoms with Crippen LogP contribution in [0.25, 0.3) is 76.9 Å². The molecule has 0 N–H and O–H groups in total. The van der Waals surface area contributed by atoms with E-state index in [-0.39, 0.29) is 0 Å². The highest BCUT2D eigenvalue weighted by atomic mass is 16.3. The molecule has 2 heteroatoms. The SMILES string of the molecule is c1ccc(-c2cccc(N(c3ccc4cc(-c5cccc(-c6cc7ccccc7o6)c5)ccc4c3)c3ccc4c(ccc5ccccc54)c3)c2)cc1. The zero-order valence-corrected chi connectivity index (χ0v) is 28.4. The van der Waals surface area contributed by atoms with Gasteiger partial charge in [-0.3, -0.25) is 0 Å². The van der Waals surface area contributed by atoms with Crippen LogP contribution in [0.1, 0.15) is 0 Å². The molecule has 1 aromatic heterocycles. The lowest BCUT2D eigenvalue weighted by Crippen LogP contribution is -2.10. The minimum absolute atomic E-state index is 0.881. The summed E-state index contributed by atoms with van der Waals surface area (Å²) in [6, 6.07) is 71.9. The first kappa shape index (κ1) is 30.0. The molecule has 2 nitrogen and oxygen atoms in total. The average molecular weight is 664 g/mol. The molecule has 10 rings (SSSR count). The van der Waals surface area contributed by atoms with E-state index in [4.69, 9.17) is 4.42 Å². The van der Waals surface area contributed by atoms with E-state index in [1.54, 1.807) is 0 Å². The summed E-state index contributed by atoms with van der Waals surface area (Å²) in [5.41, 5.74) is 10.0. The van der Waals surface area contributed by atoms with Crippen LogP contribution in [0.4, 0.5) is 17.1 Å². The third kappa shape index (κ3) is 5.39. The van der Waals surface area contributed by atoms with Crippen LogP contribution in [0.2, 0.25) is 0 Å². The highest BCUT2D eigenvalue weighted by Crippen LogP contribution is 2.40. The van der Waals surface area contributed by atoms with Crippen LogP contribution in [0.3, 0.4) is 0 Å². The van der Waals surface area contributed by atoms with Gasteiger partial charge in [-0.25, -0.2) is 0 Å². The van der Waals surface area contributed by atoms with Crippen LogP contribution in [0, 0.1) is 0 Å². The summed E-state index contributed by atoms with van der Waals surface area (Å²) in [7, 11) is 0. The first-order valence-electron chi connectivity index (χ1n) is 17.7. The fraction of sp³-hybridized carbons (Fsp3) is 0. The molecule has 0 radical (unpaired) electrons. The molecule has 0 aliphatic carbocycles. The van der Waals surface area contributed by atoms with E-state index >= 15 is 0 Å². The van der Waals surface area contributed by atoms with Crippen LogP contribution in [-0.2, 0) is 0 Å². The van der Waals surface area contributed by atoms with Crippen LogP contribution in [0.5, 0.6) is 0 Å². The van der Waals surface area contributed by atoms with E-state index in [2.05, 4.69) is 187 Å². The number of hydrogen-bond acceptors (Lipinski definition) is 2. The maximum atomic E-state index is 6.19. The molecule has 10 aromatic rings. The number of rotatable bonds is 6. The Balaban J connectivity index is 1.06. The number of anilines is 3. The zero-order valence-electron chi connectivity index (χ0n) is 28.4. The van der Waals surface area contributed by atoms with Crippen LogP contribution in [0.15, 0.2) is 205 Å². The third-order valence-electron chi connectivity index (χ3n) is 10.2. The van der Waals surface area contributed by atoms with Gasteiger partial charge in [-0.1, -0.05) is 140 Å². The summed E-state index contributed by atoms with van der Waals surface area (Å²) in [5.74, 6) is 0.881. The Morgan fingerprint density at radius 1 is 0.288 bits per heavy atom. The summed E-state index contributed by atoms with van der Waals surface area (Å²) >= 11 is 0.